The molecule has 0 bridgehead atoms. The predicted octanol–water partition coefficient (Wildman–Crippen LogP) is 5.65. The first-order valence-electron chi connectivity index (χ1n) is 14.3. The number of hydrogen-bond acceptors (Lipinski definition) is 5. The quantitative estimate of drug-likeness (QED) is 0.292. The van der Waals surface area contributed by atoms with Gasteiger partial charge in [0.2, 0.25) is 11.9 Å². The van der Waals surface area contributed by atoms with Crippen LogP contribution in [-0.2, 0) is 24.1 Å². The van der Waals surface area contributed by atoms with Crippen LogP contribution in [0, 0.1) is 0 Å². The second-order valence-corrected chi connectivity index (χ2v) is 11.2. The highest BCUT2D eigenvalue weighted by Crippen LogP contribution is 2.32. The summed E-state index contributed by atoms with van der Waals surface area (Å²) < 4.78 is 0. The van der Waals surface area contributed by atoms with Crippen molar-refractivity contribution in [2.24, 2.45) is 0 Å². The highest BCUT2D eigenvalue weighted by atomic mass is 16.1. The zero-order chi connectivity index (χ0) is 26.8. The Morgan fingerprint density at radius 1 is 0.923 bits per heavy atom. The van der Waals surface area contributed by atoms with Crippen LogP contribution in [-0.4, -0.2) is 47.0 Å². The van der Waals surface area contributed by atoms with Gasteiger partial charge in [0.1, 0.15) is 5.82 Å². The number of aryl methyl sites for hydroxylation is 1. The van der Waals surface area contributed by atoms with Crippen molar-refractivity contribution in [2.75, 3.05) is 24.3 Å². The summed E-state index contributed by atoms with van der Waals surface area (Å²) in [4.78, 5) is 28.7. The molecule has 7 nitrogen and oxygen atoms in total. The molecule has 6 rings (SSSR count). The Kier molecular flexibility index (Phi) is 7.22. The lowest BCUT2D eigenvalue weighted by molar-refractivity contribution is -0.121. The lowest BCUT2D eigenvalue weighted by atomic mass is 9.91. The zero-order valence-corrected chi connectivity index (χ0v) is 23.0. The van der Waals surface area contributed by atoms with Crippen LogP contribution in [0.1, 0.15) is 55.3 Å². The molecule has 202 valence electrons. The number of nitrogens with one attached hydrogen (secondary N) is 3. The Balaban J connectivity index is 1.09. The first kappa shape index (κ1) is 25.4. The normalized spacial score (nSPS) is 18.9. The van der Waals surface area contributed by atoms with Gasteiger partial charge < -0.3 is 20.5 Å². The summed E-state index contributed by atoms with van der Waals surface area (Å²) in [5.74, 6) is 1.89. The highest BCUT2D eigenvalue weighted by molar-refractivity contribution is 5.95. The van der Waals surface area contributed by atoms with Gasteiger partial charge in [0, 0.05) is 42.6 Å². The minimum Gasteiger partial charge on any atom is -0.362 e. The molecule has 0 atom stereocenters. The summed E-state index contributed by atoms with van der Waals surface area (Å²) in [5.41, 5.74) is 6.77. The fraction of sp³-hybridized carbons (Fsp3) is 0.406. The molecule has 0 unspecified atom stereocenters. The van der Waals surface area contributed by atoms with Gasteiger partial charge in [-0.25, -0.2) is 4.98 Å². The smallest absolute Gasteiger partial charge is 0.225 e. The van der Waals surface area contributed by atoms with Gasteiger partial charge >= 0.3 is 0 Å². The van der Waals surface area contributed by atoms with E-state index in [0.717, 1.165) is 78.0 Å². The Morgan fingerprint density at radius 3 is 2.44 bits per heavy atom. The summed E-state index contributed by atoms with van der Waals surface area (Å²) in [6.45, 7) is 0. The van der Waals surface area contributed by atoms with Crippen LogP contribution in [0.15, 0.2) is 54.6 Å². The van der Waals surface area contributed by atoms with Crippen molar-refractivity contribution in [3.8, 4) is 11.3 Å². The number of para-hydroxylation sites is 1. The van der Waals surface area contributed by atoms with E-state index in [1.807, 2.05) is 30.3 Å². The molecule has 0 spiro atoms. The SMILES string of the molecule is CN(C)c1nc(N[C@H]2CC[C@@H](NC(=O)Cc3c(-c4ccccc4)[nH]c4ccccc34)CC2)nc2c1CCCC2. The van der Waals surface area contributed by atoms with Crippen molar-refractivity contribution in [3.05, 3.63) is 71.4 Å². The van der Waals surface area contributed by atoms with Gasteiger partial charge in [0.05, 0.1) is 17.8 Å². The summed E-state index contributed by atoms with van der Waals surface area (Å²) in [6, 6.07) is 19.0. The van der Waals surface area contributed by atoms with Crippen LogP contribution in [0.5, 0.6) is 0 Å². The summed E-state index contributed by atoms with van der Waals surface area (Å²) in [6.07, 6.45) is 8.77. The van der Waals surface area contributed by atoms with E-state index in [1.54, 1.807) is 0 Å². The average molecular weight is 523 g/mol. The summed E-state index contributed by atoms with van der Waals surface area (Å²) in [7, 11) is 4.13. The number of amides is 1. The fourth-order valence-corrected chi connectivity index (χ4v) is 6.25. The molecule has 0 aliphatic heterocycles. The predicted molar refractivity (Wildman–Crippen MR) is 158 cm³/mol. The Hall–Kier alpha value is -3.87. The molecule has 3 N–H and O–H groups in total. The molecular weight excluding hydrogens is 484 g/mol. The topological polar surface area (TPSA) is 85.9 Å². The number of aromatic nitrogens is 3. The molecule has 1 fully saturated rings. The lowest BCUT2D eigenvalue weighted by Gasteiger charge is -2.30. The van der Waals surface area contributed by atoms with Gasteiger partial charge in [-0.1, -0.05) is 48.5 Å². The first-order chi connectivity index (χ1) is 19.0. The molecular formula is C32H38N6O. The number of carbonyl (C=O) groups excluding carboxylic acids is 1. The first-order valence-corrected chi connectivity index (χ1v) is 14.3. The van der Waals surface area contributed by atoms with Gasteiger partial charge in [0.25, 0.3) is 0 Å². The van der Waals surface area contributed by atoms with E-state index < -0.39 is 0 Å². The standard InChI is InChI=1S/C32H38N6O/c1-38(2)31-25-13-7-9-15-28(25)36-32(37-31)34-23-18-16-22(17-19-23)33-29(39)20-26-24-12-6-8-14-27(24)35-30(26)21-10-4-3-5-11-21/h3-6,8,10-12,14,22-23,35H,7,9,13,15-20H2,1-2H3,(H,33,39)(H,34,36,37)/t22-,23+. The van der Waals surface area contributed by atoms with Gasteiger partial charge in [-0.2, -0.15) is 4.98 Å². The number of anilines is 2. The molecule has 0 saturated heterocycles. The monoisotopic (exact) mass is 522 g/mol. The van der Waals surface area contributed by atoms with Crippen molar-refractivity contribution in [1.29, 1.82) is 0 Å². The van der Waals surface area contributed by atoms with Crippen molar-refractivity contribution in [1.82, 2.24) is 20.3 Å². The van der Waals surface area contributed by atoms with Crippen LogP contribution < -0.4 is 15.5 Å². The summed E-state index contributed by atoms with van der Waals surface area (Å²) >= 11 is 0. The second kappa shape index (κ2) is 11.1. The fourth-order valence-electron chi connectivity index (χ4n) is 6.25. The Bertz CT molecular complexity index is 1450. The average Bonchev–Trinajstić information content (AvgIpc) is 3.32. The van der Waals surface area contributed by atoms with Crippen LogP contribution in [0.3, 0.4) is 0 Å². The maximum Gasteiger partial charge on any atom is 0.225 e. The molecule has 2 aliphatic carbocycles. The largest absolute Gasteiger partial charge is 0.362 e. The van der Waals surface area contributed by atoms with Crippen molar-refractivity contribution < 1.29 is 4.79 Å². The van der Waals surface area contributed by atoms with Crippen LogP contribution in [0.2, 0.25) is 0 Å². The molecule has 7 heteroatoms. The number of carbonyl (C=O) groups is 1. The number of aromatic amines is 1. The third-order valence-corrected chi connectivity index (χ3v) is 8.22. The number of benzene rings is 2. The van der Waals surface area contributed by atoms with Gasteiger partial charge in [-0.3, -0.25) is 4.79 Å². The Labute approximate surface area is 230 Å². The van der Waals surface area contributed by atoms with E-state index in [9.17, 15) is 4.79 Å². The highest BCUT2D eigenvalue weighted by Gasteiger charge is 2.25. The molecule has 2 aromatic carbocycles. The van der Waals surface area contributed by atoms with E-state index in [4.69, 9.17) is 9.97 Å². The van der Waals surface area contributed by atoms with Crippen molar-refractivity contribution in [2.45, 2.75) is 69.9 Å². The molecule has 1 saturated carbocycles. The van der Waals surface area contributed by atoms with Gasteiger partial charge in [-0.15, -0.1) is 0 Å². The third-order valence-electron chi connectivity index (χ3n) is 8.22. The minimum atomic E-state index is 0.0852. The molecule has 39 heavy (non-hydrogen) atoms. The summed E-state index contributed by atoms with van der Waals surface area (Å²) in [5, 5.41) is 8.06. The van der Waals surface area contributed by atoms with Crippen LogP contribution in [0.4, 0.5) is 11.8 Å². The lowest BCUT2D eigenvalue weighted by Crippen LogP contribution is -2.41. The number of nitrogens with zero attached hydrogens (tertiary/aromatic N) is 3. The third kappa shape index (κ3) is 5.49. The number of fused-ring (bicyclic) bond motifs is 2. The van der Waals surface area contributed by atoms with Crippen molar-refractivity contribution in [3.63, 3.8) is 0 Å². The number of H-pyrrole nitrogens is 1. The number of hydrogen-bond donors (Lipinski definition) is 3. The van der Waals surface area contributed by atoms with E-state index in [0.29, 0.717) is 12.5 Å². The molecule has 1 amide bonds. The second-order valence-electron chi connectivity index (χ2n) is 11.2. The molecule has 4 aromatic rings. The van der Waals surface area contributed by atoms with Crippen LogP contribution >= 0.6 is 0 Å². The molecule has 2 aromatic heterocycles. The van der Waals surface area contributed by atoms with E-state index in [1.165, 1.54) is 24.1 Å². The minimum absolute atomic E-state index is 0.0852. The maximum absolute atomic E-state index is 13.3. The Morgan fingerprint density at radius 2 is 1.64 bits per heavy atom. The van der Waals surface area contributed by atoms with E-state index in [2.05, 4.69) is 58.9 Å². The van der Waals surface area contributed by atoms with Gasteiger partial charge in [-0.05, 0) is 68.6 Å². The number of rotatable bonds is 7. The van der Waals surface area contributed by atoms with Crippen molar-refractivity contribution >= 4 is 28.6 Å². The molecule has 0 radical (unpaired) electrons. The van der Waals surface area contributed by atoms with Gasteiger partial charge in [0.15, 0.2) is 0 Å². The maximum atomic E-state index is 13.3. The molecule has 2 heterocycles. The van der Waals surface area contributed by atoms with E-state index in [-0.39, 0.29) is 11.9 Å². The zero-order valence-electron chi connectivity index (χ0n) is 23.0. The van der Waals surface area contributed by atoms with Crippen LogP contribution in [0.25, 0.3) is 22.2 Å². The molecule has 2 aliphatic rings. The van der Waals surface area contributed by atoms with E-state index >= 15 is 0 Å².